The first-order valence-electron chi connectivity index (χ1n) is 11.0. The molecule has 2 aromatic rings. The van der Waals surface area contributed by atoms with Crippen molar-refractivity contribution in [3.63, 3.8) is 0 Å². The number of pyridine rings is 1. The molecule has 2 aliphatic rings. The van der Waals surface area contributed by atoms with Crippen molar-refractivity contribution in [3.05, 3.63) is 59.0 Å². The lowest BCUT2D eigenvalue weighted by molar-refractivity contribution is -0.138. The molecule has 2 atom stereocenters. The number of carboxylic acid groups (broad SMARTS) is 1. The molecule has 1 aromatic heterocycles. The molecule has 0 spiro atoms. The van der Waals surface area contributed by atoms with Gasteiger partial charge in [-0.05, 0) is 61.4 Å². The number of carboxylic acids is 1. The van der Waals surface area contributed by atoms with E-state index in [9.17, 15) is 19.1 Å². The van der Waals surface area contributed by atoms with Crippen LogP contribution >= 0.6 is 0 Å². The maximum absolute atomic E-state index is 13.7. The number of hydrogen-bond donors (Lipinski definition) is 2. The summed E-state index contributed by atoms with van der Waals surface area (Å²) in [4.78, 5) is 31.0. The van der Waals surface area contributed by atoms with Crippen LogP contribution < -0.4 is 5.32 Å². The fourth-order valence-corrected chi connectivity index (χ4v) is 4.74. The molecule has 1 saturated heterocycles. The number of nitrogens with zero attached hydrogens (tertiary/aromatic N) is 2. The van der Waals surface area contributed by atoms with E-state index >= 15 is 0 Å². The summed E-state index contributed by atoms with van der Waals surface area (Å²) >= 11 is 0. The molecule has 4 rings (SSSR count). The van der Waals surface area contributed by atoms with Crippen LogP contribution in [-0.2, 0) is 22.4 Å². The largest absolute Gasteiger partial charge is 0.481 e. The average molecular weight is 426 g/mol. The number of halogens is 1. The van der Waals surface area contributed by atoms with Crippen molar-refractivity contribution < 1.29 is 19.1 Å². The van der Waals surface area contributed by atoms with Crippen LogP contribution in [0.25, 0.3) is 0 Å². The molecule has 0 radical (unpaired) electrons. The number of amides is 1. The second-order valence-electron chi connectivity index (χ2n) is 8.42. The molecule has 7 heteroatoms. The highest BCUT2D eigenvalue weighted by molar-refractivity contribution is 5.83. The number of hydrogen-bond acceptors (Lipinski definition) is 4. The summed E-state index contributed by atoms with van der Waals surface area (Å²) in [6, 6.07) is 10.1. The van der Waals surface area contributed by atoms with Gasteiger partial charge in [0.05, 0.1) is 6.42 Å². The van der Waals surface area contributed by atoms with Crippen LogP contribution in [-0.4, -0.2) is 46.5 Å². The molecule has 0 saturated carbocycles. The molecular formula is C24H28FN3O3. The lowest BCUT2D eigenvalue weighted by atomic mass is 9.82. The Morgan fingerprint density at radius 1 is 1.32 bits per heavy atom. The van der Waals surface area contributed by atoms with Gasteiger partial charge in [-0.15, -0.1) is 0 Å². The van der Waals surface area contributed by atoms with Gasteiger partial charge in [-0.25, -0.2) is 9.37 Å². The van der Waals surface area contributed by atoms with Crippen molar-refractivity contribution in [3.8, 4) is 0 Å². The Kier molecular flexibility index (Phi) is 6.49. The third-order valence-corrected chi connectivity index (χ3v) is 6.31. The first kappa shape index (κ1) is 21.3. The molecule has 0 bridgehead atoms. The molecular weight excluding hydrogens is 397 g/mol. The van der Waals surface area contributed by atoms with Crippen molar-refractivity contribution in [1.82, 2.24) is 9.88 Å². The van der Waals surface area contributed by atoms with E-state index in [1.807, 2.05) is 4.90 Å². The number of nitrogens with one attached hydrogen (secondary N) is 1. The van der Waals surface area contributed by atoms with E-state index in [1.165, 1.54) is 17.7 Å². The highest BCUT2D eigenvalue weighted by atomic mass is 19.1. The van der Waals surface area contributed by atoms with E-state index in [-0.39, 0.29) is 12.3 Å². The first-order chi connectivity index (χ1) is 15.0. The number of aryl methyl sites for hydroxylation is 2. The number of benzene rings is 1. The minimum Gasteiger partial charge on any atom is -0.481 e. The summed E-state index contributed by atoms with van der Waals surface area (Å²) in [5.74, 6) is -1.39. The van der Waals surface area contributed by atoms with Gasteiger partial charge in [-0.2, -0.15) is 0 Å². The number of rotatable bonds is 8. The fraction of sp³-hybridized carbons (Fsp3) is 0.458. The molecule has 3 heterocycles. The van der Waals surface area contributed by atoms with Crippen LogP contribution in [0, 0.1) is 11.7 Å². The molecule has 1 aromatic carbocycles. The van der Waals surface area contributed by atoms with Gasteiger partial charge in [0.1, 0.15) is 11.6 Å². The Bertz CT molecular complexity index is 965. The highest BCUT2D eigenvalue weighted by Gasteiger charge is 2.38. The smallest absolute Gasteiger partial charge is 0.303 e. The quantitative estimate of drug-likeness (QED) is 0.675. The van der Waals surface area contributed by atoms with Gasteiger partial charge >= 0.3 is 5.97 Å². The third kappa shape index (κ3) is 5.03. The lowest BCUT2D eigenvalue weighted by Crippen LogP contribution is -2.31. The lowest BCUT2D eigenvalue weighted by Gasteiger charge is -2.23. The van der Waals surface area contributed by atoms with Gasteiger partial charge < -0.3 is 15.3 Å². The summed E-state index contributed by atoms with van der Waals surface area (Å²) in [5.41, 5.74) is 2.85. The molecule has 6 nitrogen and oxygen atoms in total. The summed E-state index contributed by atoms with van der Waals surface area (Å²) < 4.78 is 13.7. The van der Waals surface area contributed by atoms with Crippen molar-refractivity contribution >= 4 is 17.7 Å². The second kappa shape index (κ2) is 9.45. The van der Waals surface area contributed by atoms with Gasteiger partial charge in [-0.1, -0.05) is 18.2 Å². The summed E-state index contributed by atoms with van der Waals surface area (Å²) in [6.07, 6.45) is 4.18. The highest BCUT2D eigenvalue weighted by Crippen LogP contribution is 2.36. The zero-order chi connectivity index (χ0) is 21.8. The van der Waals surface area contributed by atoms with Crippen LogP contribution in [0.5, 0.6) is 0 Å². The minimum absolute atomic E-state index is 0.0319. The normalized spacial score (nSPS) is 19.1. The van der Waals surface area contributed by atoms with Crippen LogP contribution in [0.4, 0.5) is 10.2 Å². The van der Waals surface area contributed by atoms with E-state index in [0.717, 1.165) is 43.7 Å². The Morgan fingerprint density at radius 3 is 3.00 bits per heavy atom. The molecule has 2 aliphatic heterocycles. The number of fused-ring (bicyclic) bond motifs is 1. The molecule has 31 heavy (non-hydrogen) atoms. The molecule has 1 fully saturated rings. The van der Waals surface area contributed by atoms with Crippen molar-refractivity contribution in [1.29, 1.82) is 0 Å². The van der Waals surface area contributed by atoms with E-state index in [2.05, 4.69) is 17.4 Å². The number of aliphatic carboxylic acids is 1. The Morgan fingerprint density at radius 2 is 2.19 bits per heavy atom. The fourth-order valence-electron chi connectivity index (χ4n) is 4.74. The zero-order valence-corrected chi connectivity index (χ0v) is 17.5. The summed E-state index contributed by atoms with van der Waals surface area (Å²) in [5, 5.41) is 12.7. The van der Waals surface area contributed by atoms with E-state index in [1.54, 1.807) is 12.1 Å². The van der Waals surface area contributed by atoms with Crippen LogP contribution in [0.2, 0.25) is 0 Å². The summed E-state index contributed by atoms with van der Waals surface area (Å²) in [6.45, 7) is 2.18. The van der Waals surface area contributed by atoms with Gasteiger partial charge in [0.2, 0.25) is 5.91 Å². The van der Waals surface area contributed by atoms with Crippen molar-refractivity contribution in [2.45, 2.75) is 44.4 Å². The van der Waals surface area contributed by atoms with Crippen molar-refractivity contribution in [2.24, 2.45) is 5.92 Å². The molecule has 2 N–H and O–H groups in total. The maximum Gasteiger partial charge on any atom is 0.303 e. The zero-order valence-electron chi connectivity index (χ0n) is 17.5. The summed E-state index contributed by atoms with van der Waals surface area (Å²) in [7, 11) is 0. The average Bonchev–Trinajstić information content (AvgIpc) is 3.12. The van der Waals surface area contributed by atoms with E-state index < -0.39 is 23.6 Å². The minimum atomic E-state index is -0.979. The number of aromatic nitrogens is 1. The predicted molar refractivity (Wildman–Crippen MR) is 115 cm³/mol. The monoisotopic (exact) mass is 425 g/mol. The van der Waals surface area contributed by atoms with Crippen molar-refractivity contribution in [2.75, 3.05) is 25.0 Å². The molecule has 0 aliphatic carbocycles. The van der Waals surface area contributed by atoms with E-state index in [0.29, 0.717) is 25.1 Å². The molecule has 1 amide bonds. The third-order valence-electron chi connectivity index (χ3n) is 6.31. The van der Waals surface area contributed by atoms with Gasteiger partial charge in [-0.3, -0.25) is 9.59 Å². The van der Waals surface area contributed by atoms with Crippen LogP contribution in [0.3, 0.4) is 0 Å². The number of carbonyl (C=O) groups excluding carboxylic acids is 1. The molecule has 0 unspecified atom stereocenters. The number of likely N-dealkylation sites (tertiary alicyclic amines) is 1. The van der Waals surface area contributed by atoms with Gasteiger partial charge in [0.25, 0.3) is 0 Å². The van der Waals surface area contributed by atoms with Crippen LogP contribution in [0.15, 0.2) is 36.4 Å². The second-order valence-corrected chi connectivity index (χ2v) is 8.42. The van der Waals surface area contributed by atoms with E-state index in [4.69, 9.17) is 4.98 Å². The maximum atomic E-state index is 13.7. The number of anilines is 1. The Labute approximate surface area is 181 Å². The molecule has 164 valence electrons. The first-order valence-corrected chi connectivity index (χ1v) is 11.0. The number of carbonyl (C=O) groups is 2. The van der Waals surface area contributed by atoms with Crippen LogP contribution in [0.1, 0.15) is 48.4 Å². The SMILES string of the molecule is O=C(O)C[C@@H](c1cccc(F)c1)[C@H]1CCN(CCCc2ccc3c(n2)NCCC3)C1=O. The topological polar surface area (TPSA) is 82.5 Å². The van der Waals surface area contributed by atoms with Gasteiger partial charge in [0.15, 0.2) is 0 Å². The van der Waals surface area contributed by atoms with Gasteiger partial charge in [0, 0.05) is 37.2 Å². The predicted octanol–water partition coefficient (Wildman–Crippen LogP) is 3.62. The Balaban J connectivity index is 1.37. The Hall–Kier alpha value is -2.96. The standard InChI is InChI=1S/C24H28FN3O3/c25-18-6-1-4-17(14-18)21(15-22(29)30)20-10-13-28(24(20)31)12-3-7-19-9-8-16-5-2-11-26-23(16)27-19/h1,4,6,8-9,14,20-21H,2-3,5,7,10-13,15H2,(H,26,27)(H,29,30)/t20-,21+/m1/s1.